The van der Waals surface area contributed by atoms with E-state index in [1.165, 1.54) is 11.0 Å². The number of amides is 2. The Morgan fingerprint density at radius 1 is 1.39 bits per heavy atom. The van der Waals surface area contributed by atoms with Crippen LogP contribution in [0.2, 0.25) is 0 Å². The van der Waals surface area contributed by atoms with E-state index in [-0.39, 0.29) is 12.2 Å². The lowest BCUT2D eigenvalue weighted by Gasteiger charge is -2.30. The summed E-state index contributed by atoms with van der Waals surface area (Å²) in [4.78, 5) is 24.3. The van der Waals surface area contributed by atoms with Gasteiger partial charge >= 0.3 is 18.6 Å². The number of nitrogens with one attached hydrogen (secondary N) is 1. The summed E-state index contributed by atoms with van der Waals surface area (Å²) in [6, 6.07) is 2.48. The molecule has 0 bridgehead atoms. The highest BCUT2D eigenvalue weighted by Gasteiger charge is 2.28. The Bertz CT molecular complexity index is 597. The fraction of sp³-hybridized carbons (Fsp3) is 0.429. The minimum atomic E-state index is -3.15. The molecule has 23 heavy (non-hydrogen) atoms. The van der Waals surface area contributed by atoms with Crippen molar-refractivity contribution in [3.8, 4) is 5.75 Å². The van der Waals surface area contributed by atoms with Gasteiger partial charge in [-0.15, -0.1) is 0 Å². The number of urea groups is 1. The molecule has 0 spiro atoms. The van der Waals surface area contributed by atoms with E-state index in [2.05, 4.69) is 10.1 Å². The number of likely N-dealkylation sites (tertiary alicyclic amines) is 1. The Morgan fingerprint density at radius 3 is 2.74 bits per heavy atom. The molecule has 1 unspecified atom stereocenters. The number of carboxylic acid groups (broad SMARTS) is 1. The molecule has 126 valence electrons. The summed E-state index contributed by atoms with van der Waals surface area (Å²) in [7, 11) is 0. The van der Waals surface area contributed by atoms with E-state index >= 15 is 0 Å². The lowest BCUT2D eigenvalue weighted by Crippen LogP contribution is -2.44. The van der Waals surface area contributed by atoms with Gasteiger partial charge < -0.3 is 20.1 Å². The molecule has 1 saturated heterocycles. The zero-order valence-corrected chi connectivity index (χ0v) is 12.0. The summed E-state index contributed by atoms with van der Waals surface area (Å²) >= 11 is 0. The Labute approximate surface area is 129 Å². The third kappa shape index (κ3) is 4.51. The predicted octanol–water partition coefficient (Wildman–Crippen LogP) is 2.76. The highest BCUT2D eigenvalue weighted by atomic mass is 19.3. The second-order valence-corrected chi connectivity index (χ2v) is 5.08. The third-order valence-electron chi connectivity index (χ3n) is 3.46. The van der Waals surface area contributed by atoms with Crippen LogP contribution in [0.4, 0.5) is 23.7 Å². The van der Waals surface area contributed by atoms with Crippen LogP contribution in [0.15, 0.2) is 18.2 Å². The fourth-order valence-electron chi connectivity index (χ4n) is 2.34. The standard InChI is InChI=1S/C14H15F3N2O4/c15-10-6-9(3-4-11(10)23-13(16)17)18-14(22)19-5-1-2-8(7-19)12(20)21/h3-4,6,8,13H,1-2,5,7H2,(H,18,22)(H,20,21). The largest absolute Gasteiger partial charge is 0.481 e. The van der Waals surface area contributed by atoms with Gasteiger partial charge in [-0.25, -0.2) is 9.18 Å². The first-order valence-corrected chi connectivity index (χ1v) is 6.90. The molecule has 1 fully saturated rings. The van der Waals surface area contributed by atoms with Crippen molar-refractivity contribution in [2.45, 2.75) is 19.5 Å². The van der Waals surface area contributed by atoms with Crippen LogP contribution in [-0.4, -0.2) is 41.7 Å². The average Bonchev–Trinajstić information content (AvgIpc) is 2.49. The molecular formula is C14H15F3N2O4. The van der Waals surface area contributed by atoms with Crippen LogP contribution < -0.4 is 10.1 Å². The van der Waals surface area contributed by atoms with Crippen LogP contribution in [0, 0.1) is 11.7 Å². The molecule has 0 aliphatic carbocycles. The maximum absolute atomic E-state index is 13.6. The molecule has 1 aliphatic rings. The molecule has 0 saturated carbocycles. The van der Waals surface area contributed by atoms with Crippen LogP contribution in [0.5, 0.6) is 5.75 Å². The number of hydrogen-bond donors (Lipinski definition) is 2. The molecule has 2 amide bonds. The number of carboxylic acids is 1. The molecule has 1 heterocycles. The number of ether oxygens (including phenoxy) is 1. The first-order valence-electron chi connectivity index (χ1n) is 6.90. The van der Waals surface area contributed by atoms with E-state index in [1.807, 2.05) is 0 Å². The number of aliphatic carboxylic acids is 1. The summed E-state index contributed by atoms with van der Waals surface area (Å²) in [6.45, 7) is -2.69. The normalized spacial score (nSPS) is 17.9. The SMILES string of the molecule is O=C(O)C1CCCN(C(=O)Nc2ccc(OC(F)F)c(F)c2)C1. The van der Waals surface area contributed by atoms with Gasteiger partial charge in [-0.3, -0.25) is 4.79 Å². The minimum absolute atomic E-state index is 0.0616. The van der Waals surface area contributed by atoms with E-state index in [0.29, 0.717) is 19.4 Å². The second kappa shape index (κ2) is 7.21. The molecule has 2 rings (SSSR count). The number of hydrogen-bond acceptors (Lipinski definition) is 3. The number of anilines is 1. The van der Waals surface area contributed by atoms with E-state index in [0.717, 1.165) is 12.1 Å². The predicted molar refractivity (Wildman–Crippen MR) is 74.0 cm³/mol. The molecule has 1 aromatic carbocycles. The Kier molecular flexibility index (Phi) is 5.30. The van der Waals surface area contributed by atoms with E-state index in [1.54, 1.807) is 0 Å². The van der Waals surface area contributed by atoms with E-state index in [4.69, 9.17) is 5.11 Å². The van der Waals surface area contributed by atoms with Crippen molar-refractivity contribution >= 4 is 17.7 Å². The van der Waals surface area contributed by atoms with Crippen molar-refractivity contribution in [3.63, 3.8) is 0 Å². The van der Waals surface area contributed by atoms with Gasteiger partial charge in [0.05, 0.1) is 5.92 Å². The van der Waals surface area contributed by atoms with Crippen molar-refractivity contribution in [1.29, 1.82) is 0 Å². The van der Waals surface area contributed by atoms with Gasteiger partial charge in [-0.1, -0.05) is 0 Å². The van der Waals surface area contributed by atoms with Gasteiger partial charge in [0.2, 0.25) is 0 Å². The van der Waals surface area contributed by atoms with Gasteiger partial charge in [-0.05, 0) is 25.0 Å². The van der Waals surface area contributed by atoms with Crippen LogP contribution in [0.25, 0.3) is 0 Å². The Balaban J connectivity index is 2.00. The number of nitrogens with zero attached hydrogens (tertiary/aromatic N) is 1. The molecule has 1 aliphatic heterocycles. The topological polar surface area (TPSA) is 78.9 Å². The summed E-state index contributed by atoms with van der Waals surface area (Å²) in [6.07, 6.45) is 1.05. The fourth-order valence-corrected chi connectivity index (χ4v) is 2.34. The van der Waals surface area contributed by atoms with Crippen LogP contribution in [0.1, 0.15) is 12.8 Å². The number of carbonyl (C=O) groups excluding carboxylic acids is 1. The monoisotopic (exact) mass is 332 g/mol. The number of alkyl halides is 2. The van der Waals surface area contributed by atoms with Crippen molar-refractivity contribution in [2.24, 2.45) is 5.92 Å². The summed E-state index contributed by atoms with van der Waals surface area (Å²) in [5.74, 6) is -3.26. The second-order valence-electron chi connectivity index (χ2n) is 5.08. The number of carbonyl (C=O) groups is 2. The molecular weight excluding hydrogens is 317 g/mol. The molecule has 1 atom stereocenters. The van der Waals surface area contributed by atoms with Gasteiger partial charge in [-0.2, -0.15) is 8.78 Å². The molecule has 9 heteroatoms. The Morgan fingerprint density at radius 2 is 2.13 bits per heavy atom. The zero-order chi connectivity index (χ0) is 17.0. The van der Waals surface area contributed by atoms with E-state index in [9.17, 15) is 22.8 Å². The van der Waals surface area contributed by atoms with Crippen molar-refractivity contribution in [1.82, 2.24) is 4.90 Å². The van der Waals surface area contributed by atoms with Crippen molar-refractivity contribution < 1.29 is 32.6 Å². The maximum atomic E-state index is 13.6. The van der Waals surface area contributed by atoms with Crippen LogP contribution in [-0.2, 0) is 4.79 Å². The lowest BCUT2D eigenvalue weighted by molar-refractivity contribution is -0.143. The maximum Gasteiger partial charge on any atom is 0.387 e. The summed E-state index contributed by atoms with van der Waals surface area (Å²) in [5.41, 5.74) is 0.0616. The number of rotatable bonds is 4. The van der Waals surface area contributed by atoms with Gasteiger partial charge in [0.25, 0.3) is 0 Å². The number of halogens is 3. The minimum Gasteiger partial charge on any atom is -0.481 e. The number of piperidine rings is 1. The van der Waals surface area contributed by atoms with Crippen molar-refractivity contribution in [3.05, 3.63) is 24.0 Å². The summed E-state index contributed by atoms with van der Waals surface area (Å²) in [5, 5.41) is 11.4. The van der Waals surface area contributed by atoms with E-state index < -0.39 is 36.1 Å². The third-order valence-corrected chi connectivity index (χ3v) is 3.46. The van der Waals surface area contributed by atoms with Crippen LogP contribution in [0.3, 0.4) is 0 Å². The average molecular weight is 332 g/mol. The quantitative estimate of drug-likeness (QED) is 0.889. The molecule has 6 nitrogen and oxygen atoms in total. The zero-order valence-electron chi connectivity index (χ0n) is 12.0. The van der Waals surface area contributed by atoms with Gasteiger partial charge in [0, 0.05) is 24.8 Å². The molecule has 0 radical (unpaired) electrons. The summed E-state index contributed by atoms with van der Waals surface area (Å²) < 4.78 is 41.6. The smallest absolute Gasteiger partial charge is 0.387 e. The highest BCUT2D eigenvalue weighted by molar-refractivity contribution is 5.89. The Hall–Kier alpha value is -2.45. The first kappa shape index (κ1) is 16.9. The lowest BCUT2D eigenvalue weighted by atomic mass is 9.99. The highest BCUT2D eigenvalue weighted by Crippen LogP contribution is 2.24. The van der Waals surface area contributed by atoms with Gasteiger partial charge in [0.15, 0.2) is 11.6 Å². The van der Waals surface area contributed by atoms with Crippen LogP contribution >= 0.6 is 0 Å². The molecule has 1 aromatic rings. The molecule has 0 aromatic heterocycles. The first-order chi connectivity index (χ1) is 10.9. The van der Waals surface area contributed by atoms with Gasteiger partial charge in [0.1, 0.15) is 0 Å². The molecule has 2 N–H and O–H groups in total. The number of benzene rings is 1. The van der Waals surface area contributed by atoms with Crippen molar-refractivity contribution in [2.75, 3.05) is 18.4 Å².